The molecule has 0 amide bonds. The lowest BCUT2D eigenvalue weighted by Crippen LogP contribution is -3.14. The molecule has 0 aliphatic carbocycles. The maximum Gasteiger partial charge on any atom is 0.245 e. The Morgan fingerprint density at radius 1 is 1.12 bits per heavy atom. The molecule has 0 bridgehead atoms. The van der Waals surface area contributed by atoms with E-state index in [4.69, 9.17) is 11.6 Å². The van der Waals surface area contributed by atoms with E-state index in [2.05, 4.69) is 29.3 Å². The van der Waals surface area contributed by atoms with Gasteiger partial charge in [-0.3, -0.25) is 0 Å². The fraction of sp³-hybridized carbons (Fsp3) is 0.278. The van der Waals surface area contributed by atoms with Gasteiger partial charge in [-0.05, 0) is 23.8 Å². The Hall–Kier alpha value is -1.73. The molecule has 0 atom stereocenters. The fourth-order valence-electron chi connectivity index (χ4n) is 2.84. The average molecular weight is 379 g/mol. The molecule has 1 aliphatic heterocycles. The van der Waals surface area contributed by atoms with Gasteiger partial charge in [0, 0.05) is 6.20 Å². The Morgan fingerprint density at radius 3 is 2.48 bits per heavy atom. The first kappa shape index (κ1) is 18.1. The molecule has 1 fully saturated rings. The molecule has 2 heterocycles. The SMILES string of the molecule is O=S(=O)(c1ccc(Cl)nc1)N1CC[NH+](C/C=C/c2ccccc2)CC1. The number of benzene rings is 1. The molecule has 2 aromatic rings. The number of nitrogens with zero attached hydrogens (tertiary/aromatic N) is 2. The van der Waals surface area contributed by atoms with E-state index in [-0.39, 0.29) is 4.90 Å². The van der Waals surface area contributed by atoms with Gasteiger partial charge in [0.15, 0.2) is 0 Å². The van der Waals surface area contributed by atoms with Gasteiger partial charge in [-0.15, -0.1) is 0 Å². The smallest absolute Gasteiger partial charge is 0.245 e. The molecule has 1 N–H and O–H groups in total. The van der Waals surface area contributed by atoms with Crippen LogP contribution >= 0.6 is 11.6 Å². The molecule has 0 radical (unpaired) electrons. The first-order chi connectivity index (χ1) is 12.1. The van der Waals surface area contributed by atoms with E-state index in [0.29, 0.717) is 18.2 Å². The molecular formula is C18H21ClN3O2S+. The molecule has 1 aromatic heterocycles. The van der Waals surface area contributed by atoms with E-state index in [9.17, 15) is 8.42 Å². The monoisotopic (exact) mass is 378 g/mol. The van der Waals surface area contributed by atoms with Crippen molar-refractivity contribution >= 4 is 27.7 Å². The van der Waals surface area contributed by atoms with E-state index in [1.54, 1.807) is 0 Å². The van der Waals surface area contributed by atoms with Crippen LogP contribution in [0.2, 0.25) is 5.15 Å². The van der Waals surface area contributed by atoms with Gasteiger partial charge < -0.3 is 4.90 Å². The van der Waals surface area contributed by atoms with Gasteiger partial charge >= 0.3 is 0 Å². The predicted octanol–water partition coefficient (Wildman–Crippen LogP) is 1.34. The summed E-state index contributed by atoms with van der Waals surface area (Å²) >= 11 is 5.73. The Balaban J connectivity index is 1.54. The molecule has 7 heteroatoms. The second kappa shape index (κ2) is 8.10. The molecular weight excluding hydrogens is 358 g/mol. The van der Waals surface area contributed by atoms with Crippen molar-refractivity contribution in [3.63, 3.8) is 0 Å². The summed E-state index contributed by atoms with van der Waals surface area (Å²) < 4.78 is 26.8. The van der Waals surface area contributed by atoms with E-state index >= 15 is 0 Å². The van der Waals surface area contributed by atoms with Crippen molar-refractivity contribution < 1.29 is 13.3 Å². The zero-order chi connectivity index (χ0) is 17.7. The van der Waals surface area contributed by atoms with Crippen molar-refractivity contribution in [2.75, 3.05) is 32.7 Å². The Morgan fingerprint density at radius 2 is 1.84 bits per heavy atom. The minimum atomic E-state index is -3.48. The number of halogens is 1. The van der Waals surface area contributed by atoms with Gasteiger partial charge in [-0.25, -0.2) is 13.4 Å². The summed E-state index contributed by atoms with van der Waals surface area (Å²) in [6.07, 6.45) is 5.58. The maximum absolute atomic E-state index is 12.6. The Kier molecular flexibility index (Phi) is 5.86. The lowest BCUT2D eigenvalue weighted by molar-refractivity contribution is -0.897. The van der Waals surface area contributed by atoms with Crippen LogP contribution in [0.25, 0.3) is 6.08 Å². The maximum atomic E-state index is 12.6. The topological polar surface area (TPSA) is 54.7 Å². The molecule has 0 saturated carbocycles. The number of hydrogen-bond acceptors (Lipinski definition) is 3. The average Bonchev–Trinajstić information content (AvgIpc) is 2.63. The lowest BCUT2D eigenvalue weighted by atomic mass is 10.2. The zero-order valence-corrected chi connectivity index (χ0v) is 15.4. The van der Waals surface area contributed by atoms with Crippen molar-refractivity contribution in [2.45, 2.75) is 4.90 Å². The van der Waals surface area contributed by atoms with E-state index in [0.717, 1.165) is 19.6 Å². The third-order valence-electron chi connectivity index (χ3n) is 4.28. The van der Waals surface area contributed by atoms with Crippen LogP contribution in [-0.4, -0.2) is 50.4 Å². The quantitative estimate of drug-likeness (QED) is 0.799. The minimum Gasteiger partial charge on any atom is -0.329 e. The molecule has 5 nitrogen and oxygen atoms in total. The van der Waals surface area contributed by atoms with Crippen LogP contribution in [-0.2, 0) is 10.0 Å². The summed E-state index contributed by atoms with van der Waals surface area (Å²) in [5, 5.41) is 0.290. The van der Waals surface area contributed by atoms with Crippen LogP contribution in [0.15, 0.2) is 59.6 Å². The van der Waals surface area contributed by atoms with Crippen molar-refractivity contribution in [3.8, 4) is 0 Å². The molecule has 1 saturated heterocycles. The van der Waals surface area contributed by atoms with Crippen LogP contribution in [0.4, 0.5) is 0 Å². The number of piperazine rings is 1. The third-order valence-corrected chi connectivity index (χ3v) is 6.39. The highest BCUT2D eigenvalue weighted by Gasteiger charge is 2.30. The molecule has 132 valence electrons. The molecule has 3 rings (SSSR count). The summed E-state index contributed by atoms with van der Waals surface area (Å²) in [4.78, 5) is 5.45. The summed E-state index contributed by atoms with van der Waals surface area (Å²) in [5.74, 6) is 0. The summed E-state index contributed by atoms with van der Waals surface area (Å²) in [6, 6.07) is 13.2. The van der Waals surface area contributed by atoms with E-state index in [1.807, 2.05) is 18.2 Å². The Bertz CT molecular complexity index is 815. The Labute approximate surface area is 153 Å². The summed E-state index contributed by atoms with van der Waals surface area (Å²) in [7, 11) is -3.48. The minimum absolute atomic E-state index is 0.198. The van der Waals surface area contributed by atoms with Gasteiger partial charge in [-0.1, -0.05) is 48.0 Å². The molecule has 0 unspecified atom stereocenters. The number of hydrogen-bond donors (Lipinski definition) is 1. The summed E-state index contributed by atoms with van der Waals surface area (Å²) in [5.41, 5.74) is 1.18. The fourth-order valence-corrected chi connectivity index (χ4v) is 4.34. The number of quaternary nitrogens is 1. The van der Waals surface area contributed by atoms with Gasteiger partial charge in [0.2, 0.25) is 10.0 Å². The number of aromatic nitrogens is 1. The van der Waals surface area contributed by atoms with Gasteiger partial charge in [0.25, 0.3) is 0 Å². The van der Waals surface area contributed by atoms with Crippen molar-refractivity contribution in [2.24, 2.45) is 0 Å². The highest BCUT2D eigenvalue weighted by Crippen LogP contribution is 2.16. The first-order valence-corrected chi connectivity index (χ1v) is 10.0. The molecule has 1 aromatic carbocycles. The van der Waals surface area contributed by atoms with Crippen LogP contribution in [0.3, 0.4) is 0 Å². The molecule has 1 aliphatic rings. The largest absolute Gasteiger partial charge is 0.329 e. The van der Waals surface area contributed by atoms with Gasteiger partial charge in [0.05, 0.1) is 32.7 Å². The molecule has 25 heavy (non-hydrogen) atoms. The third kappa shape index (κ3) is 4.67. The summed E-state index contributed by atoms with van der Waals surface area (Å²) in [6.45, 7) is 3.50. The highest BCUT2D eigenvalue weighted by molar-refractivity contribution is 7.89. The van der Waals surface area contributed by atoms with Crippen LogP contribution in [0.1, 0.15) is 5.56 Å². The van der Waals surface area contributed by atoms with E-state index in [1.165, 1.54) is 33.1 Å². The van der Waals surface area contributed by atoms with Crippen molar-refractivity contribution in [1.29, 1.82) is 0 Å². The first-order valence-electron chi connectivity index (χ1n) is 8.22. The number of nitrogens with one attached hydrogen (secondary N) is 1. The molecule has 0 spiro atoms. The van der Waals surface area contributed by atoms with Gasteiger partial charge in [0.1, 0.15) is 10.0 Å². The zero-order valence-electron chi connectivity index (χ0n) is 13.8. The second-order valence-corrected chi connectivity index (χ2v) is 8.31. The predicted molar refractivity (Wildman–Crippen MR) is 99.0 cm³/mol. The second-order valence-electron chi connectivity index (χ2n) is 5.99. The highest BCUT2D eigenvalue weighted by atomic mass is 35.5. The van der Waals surface area contributed by atoms with Crippen LogP contribution < -0.4 is 4.90 Å². The number of rotatable bonds is 5. The van der Waals surface area contributed by atoms with Gasteiger partial charge in [-0.2, -0.15) is 4.31 Å². The van der Waals surface area contributed by atoms with Crippen LogP contribution in [0.5, 0.6) is 0 Å². The van der Waals surface area contributed by atoms with Crippen molar-refractivity contribution in [3.05, 3.63) is 65.5 Å². The lowest BCUT2D eigenvalue weighted by Gasteiger charge is -2.30. The number of sulfonamides is 1. The van der Waals surface area contributed by atoms with Crippen molar-refractivity contribution in [1.82, 2.24) is 9.29 Å². The standard InChI is InChI=1S/C18H20ClN3O2S/c19-18-9-8-17(15-20-18)25(23,24)22-13-11-21(12-14-22)10-4-7-16-5-2-1-3-6-16/h1-9,15H,10-14H2/p+1/b7-4+. The normalized spacial score (nSPS) is 17.2. The van der Waals surface area contributed by atoms with E-state index < -0.39 is 10.0 Å². The number of pyridine rings is 1. The van der Waals surface area contributed by atoms with Crippen LogP contribution in [0, 0.1) is 0 Å².